The highest BCUT2D eigenvalue weighted by atomic mass is 35.5. The molecular formula is C12H14ClN5O. The molecule has 0 saturated carbocycles. The summed E-state index contributed by atoms with van der Waals surface area (Å²) in [4.78, 5) is 0. The second kappa shape index (κ2) is 5.14. The standard InChI is InChI=1S/C12H14ClN5O/c13-8-3-4-11(14)10(6-8)12-15-16-17-18(12)9-2-1-5-19-7-9/h3-4,6,9H,1-2,5,7,14H2. The van der Waals surface area contributed by atoms with E-state index in [1.807, 2.05) is 0 Å². The van der Waals surface area contributed by atoms with E-state index in [-0.39, 0.29) is 6.04 Å². The Labute approximate surface area is 115 Å². The maximum absolute atomic E-state index is 6.01. The predicted octanol–water partition coefficient (Wildman–Crippen LogP) is 1.93. The van der Waals surface area contributed by atoms with E-state index >= 15 is 0 Å². The summed E-state index contributed by atoms with van der Waals surface area (Å²) in [6.45, 7) is 1.42. The van der Waals surface area contributed by atoms with Crippen molar-refractivity contribution in [2.75, 3.05) is 18.9 Å². The Morgan fingerprint density at radius 2 is 2.32 bits per heavy atom. The number of tetrazole rings is 1. The van der Waals surface area contributed by atoms with Gasteiger partial charge in [-0.05, 0) is 41.5 Å². The maximum atomic E-state index is 6.01. The normalized spacial score (nSPS) is 19.5. The molecule has 0 bridgehead atoms. The third kappa shape index (κ3) is 2.41. The third-order valence-electron chi connectivity index (χ3n) is 3.23. The van der Waals surface area contributed by atoms with E-state index in [4.69, 9.17) is 22.1 Å². The lowest BCUT2D eigenvalue weighted by atomic mass is 10.1. The van der Waals surface area contributed by atoms with Gasteiger partial charge in [0.05, 0.1) is 12.6 Å². The summed E-state index contributed by atoms with van der Waals surface area (Å²) in [6.07, 6.45) is 2.01. The number of halogens is 1. The van der Waals surface area contributed by atoms with E-state index in [0.29, 0.717) is 23.1 Å². The maximum Gasteiger partial charge on any atom is 0.184 e. The van der Waals surface area contributed by atoms with Gasteiger partial charge in [0.15, 0.2) is 5.82 Å². The predicted molar refractivity (Wildman–Crippen MR) is 71.8 cm³/mol. The lowest BCUT2D eigenvalue weighted by Gasteiger charge is -2.22. The highest BCUT2D eigenvalue weighted by Gasteiger charge is 2.22. The van der Waals surface area contributed by atoms with Crippen LogP contribution in [0.25, 0.3) is 11.4 Å². The van der Waals surface area contributed by atoms with Crippen LogP contribution in [0.5, 0.6) is 0 Å². The summed E-state index contributed by atoms with van der Waals surface area (Å²) in [6, 6.07) is 5.44. The molecule has 0 spiro atoms. The van der Waals surface area contributed by atoms with Crippen LogP contribution in [0.2, 0.25) is 5.02 Å². The van der Waals surface area contributed by atoms with Gasteiger partial charge >= 0.3 is 0 Å². The number of benzene rings is 1. The molecule has 1 fully saturated rings. The highest BCUT2D eigenvalue weighted by molar-refractivity contribution is 6.31. The van der Waals surface area contributed by atoms with Crippen LogP contribution >= 0.6 is 11.6 Å². The summed E-state index contributed by atoms with van der Waals surface area (Å²) < 4.78 is 7.26. The number of aromatic nitrogens is 4. The number of ether oxygens (including phenoxy) is 1. The van der Waals surface area contributed by atoms with E-state index in [2.05, 4.69) is 15.5 Å². The van der Waals surface area contributed by atoms with Crippen molar-refractivity contribution >= 4 is 17.3 Å². The largest absolute Gasteiger partial charge is 0.398 e. The molecule has 0 aliphatic carbocycles. The monoisotopic (exact) mass is 279 g/mol. The van der Waals surface area contributed by atoms with E-state index < -0.39 is 0 Å². The Balaban J connectivity index is 2.01. The van der Waals surface area contributed by atoms with Gasteiger partial charge < -0.3 is 10.5 Å². The molecule has 0 radical (unpaired) electrons. The van der Waals surface area contributed by atoms with Crippen LogP contribution in [0, 0.1) is 0 Å². The molecular weight excluding hydrogens is 266 g/mol. The molecule has 1 aromatic heterocycles. The van der Waals surface area contributed by atoms with Crippen LogP contribution < -0.4 is 5.73 Å². The van der Waals surface area contributed by atoms with Crippen molar-refractivity contribution in [1.82, 2.24) is 20.2 Å². The quantitative estimate of drug-likeness (QED) is 0.850. The molecule has 2 N–H and O–H groups in total. The van der Waals surface area contributed by atoms with Gasteiger partial charge in [0, 0.05) is 22.9 Å². The Kier molecular flexibility index (Phi) is 3.35. The highest BCUT2D eigenvalue weighted by Crippen LogP contribution is 2.30. The second-order valence-electron chi connectivity index (χ2n) is 4.55. The van der Waals surface area contributed by atoms with Crippen molar-refractivity contribution in [3.05, 3.63) is 23.2 Å². The lowest BCUT2D eigenvalue weighted by molar-refractivity contribution is 0.0548. The molecule has 1 aliphatic heterocycles. The third-order valence-corrected chi connectivity index (χ3v) is 3.47. The summed E-state index contributed by atoms with van der Waals surface area (Å²) in [5.41, 5.74) is 7.34. The molecule has 1 atom stereocenters. The summed E-state index contributed by atoms with van der Waals surface area (Å²) in [7, 11) is 0. The minimum atomic E-state index is 0.150. The number of anilines is 1. The SMILES string of the molecule is Nc1ccc(Cl)cc1-c1nnnn1C1CCCOC1. The second-order valence-corrected chi connectivity index (χ2v) is 4.99. The van der Waals surface area contributed by atoms with Crippen molar-refractivity contribution in [1.29, 1.82) is 0 Å². The van der Waals surface area contributed by atoms with Crippen LogP contribution in [-0.2, 0) is 4.74 Å². The molecule has 1 saturated heterocycles. The molecule has 1 aromatic carbocycles. The fourth-order valence-corrected chi connectivity index (χ4v) is 2.43. The summed E-state index contributed by atoms with van der Waals surface area (Å²) in [5.74, 6) is 0.635. The van der Waals surface area contributed by atoms with Gasteiger partial charge in [0.2, 0.25) is 0 Å². The first-order chi connectivity index (χ1) is 9.25. The van der Waals surface area contributed by atoms with Crippen molar-refractivity contribution in [2.45, 2.75) is 18.9 Å². The minimum Gasteiger partial charge on any atom is -0.398 e. The zero-order valence-corrected chi connectivity index (χ0v) is 11.0. The molecule has 19 heavy (non-hydrogen) atoms. The number of hydrogen-bond donors (Lipinski definition) is 1. The number of nitrogen functional groups attached to an aromatic ring is 1. The molecule has 2 heterocycles. The fraction of sp³-hybridized carbons (Fsp3) is 0.417. The molecule has 3 rings (SSSR count). The average molecular weight is 280 g/mol. The first-order valence-corrected chi connectivity index (χ1v) is 6.54. The minimum absolute atomic E-state index is 0.150. The number of hydrogen-bond acceptors (Lipinski definition) is 5. The topological polar surface area (TPSA) is 78.9 Å². The Hall–Kier alpha value is -1.66. The zero-order chi connectivity index (χ0) is 13.2. The van der Waals surface area contributed by atoms with E-state index in [0.717, 1.165) is 25.0 Å². The van der Waals surface area contributed by atoms with Crippen molar-refractivity contribution < 1.29 is 4.74 Å². The van der Waals surface area contributed by atoms with E-state index in [1.165, 1.54) is 0 Å². The lowest BCUT2D eigenvalue weighted by Crippen LogP contribution is -2.23. The van der Waals surface area contributed by atoms with Crippen LogP contribution in [0.1, 0.15) is 18.9 Å². The average Bonchev–Trinajstić information content (AvgIpc) is 2.91. The summed E-state index contributed by atoms with van der Waals surface area (Å²) in [5, 5.41) is 12.5. The molecule has 100 valence electrons. The van der Waals surface area contributed by atoms with Crippen LogP contribution in [-0.4, -0.2) is 33.4 Å². The molecule has 6 nitrogen and oxygen atoms in total. The van der Waals surface area contributed by atoms with Crippen LogP contribution in [0.3, 0.4) is 0 Å². The Morgan fingerprint density at radius 1 is 1.42 bits per heavy atom. The molecule has 1 aliphatic rings. The van der Waals surface area contributed by atoms with Gasteiger partial charge in [-0.2, -0.15) is 0 Å². The van der Waals surface area contributed by atoms with Crippen molar-refractivity contribution in [2.24, 2.45) is 0 Å². The molecule has 7 heteroatoms. The molecule has 0 amide bonds. The van der Waals surface area contributed by atoms with Crippen molar-refractivity contribution in [3.8, 4) is 11.4 Å². The van der Waals surface area contributed by atoms with E-state index in [9.17, 15) is 0 Å². The summed E-state index contributed by atoms with van der Waals surface area (Å²) >= 11 is 6.01. The van der Waals surface area contributed by atoms with Gasteiger partial charge in [-0.15, -0.1) is 5.10 Å². The van der Waals surface area contributed by atoms with Crippen LogP contribution in [0.4, 0.5) is 5.69 Å². The Morgan fingerprint density at radius 3 is 3.11 bits per heavy atom. The van der Waals surface area contributed by atoms with Gasteiger partial charge in [0.1, 0.15) is 0 Å². The number of nitrogens with zero attached hydrogens (tertiary/aromatic N) is 4. The van der Waals surface area contributed by atoms with E-state index in [1.54, 1.807) is 22.9 Å². The van der Waals surface area contributed by atoms with Gasteiger partial charge in [0.25, 0.3) is 0 Å². The van der Waals surface area contributed by atoms with Gasteiger partial charge in [-0.25, -0.2) is 4.68 Å². The van der Waals surface area contributed by atoms with Crippen LogP contribution in [0.15, 0.2) is 18.2 Å². The fourth-order valence-electron chi connectivity index (χ4n) is 2.26. The molecule has 2 aromatic rings. The first kappa shape index (κ1) is 12.4. The zero-order valence-electron chi connectivity index (χ0n) is 10.3. The Bertz CT molecular complexity index is 579. The number of rotatable bonds is 2. The first-order valence-electron chi connectivity index (χ1n) is 6.16. The van der Waals surface area contributed by atoms with Crippen molar-refractivity contribution in [3.63, 3.8) is 0 Å². The number of nitrogens with two attached hydrogens (primary N) is 1. The van der Waals surface area contributed by atoms with Gasteiger partial charge in [-0.3, -0.25) is 0 Å². The molecule has 1 unspecified atom stereocenters. The smallest absolute Gasteiger partial charge is 0.184 e. The van der Waals surface area contributed by atoms with Gasteiger partial charge in [-0.1, -0.05) is 11.6 Å².